The van der Waals surface area contributed by atoms with Crippen LogP contribution in [0.4, 0.5) is 0 Å². The quantitative estimate of drug-likeness (QED) is 0.744. The summed E-state index contributed by atoms with van der Waals surface area (Å²) >= 11 is 0. The summed E-state index contributed by atoms with van der Waals surface area (Å²) in [5.41, 5.74) is 2.77. The van der Waals surface area contributed by atoms with Crippen molar-refractivity contribution < 1.29 is 13.9 Å². The van der Waals surface area contributed by atoms with Crippen molar-refractivity contribution in [3.8, 4) is 17.2 Å². The standard InChI is InChI=1S/C17H16N2O3/c1-19(2)17(20)11-8-9-12(15(10-11)21-3)16-18-13-6-4-5-7-14(13)22-16/h4-10H,1-3H3. The number of aromatic nitrogens is 1. The zero-order valence-corrected chi connectivity index (χ0v) is 12.7. The number of ether oxygens (including phenoxy) is 1. The maximum absolute atomic E-state index is 12.0. The summed E-state index contributed by atoms with van der Waals surface area (Å²) < 4.78 is 11.2. The van der Waals surface area contributed by atoms with Gasteiger partial charge in [-0.25, -0.2) is 4.98 Å². The minimum Gasteiger partial charge on any atom is -0.496 e. The van der Waals surface area contributed by atoms with Gasteiger partial charge in [0.2, 0.25) is 5.89 Å². The Bertz CT molecular complexity index is 804. The second-order valence-corrected chi connectivity index (χ2v) is 5.10. The number of rotatable bonds is 3. The number of carbonyl (C=O) groups is 1. The number of para-hydroxylation sites is 2. The SMILES string of the molecule is COc1cc(C(=O)N(C)C)ccc1-c1nc2ccccc2o1. The molecule has 0 saturated carbocycles. The third kappa shape index (κ3) is 2.41. The van der Waals surface area contributed by atoms with Gasteiger partial charge < -0.3 is 14.1 Å². The summed E-state index contributed by atoms with van der Waals surface area (Å²) in [5.74, 6) is 0.948. The van der Waals surface area contributed by atoms with Crippen molar-refractivity contribution in [1.29, 1.82) is 0 Å². The van der Waals surface area contributed by atoms with E-state index < -0.39 is 0 Å². The summed E-state index contributed by atoms with van der Waals surface area (Å²) in [6.45, 7) is 0. The highest BCUT2D eigenvalue weighted by Crippen LogP contribution is 2.32. The van der Waals surface area contributed by atoms with E-state index in [2.05, 4.69) is 4.98 Å². The second-order valence-electron chi connectivity index (χ2n) is 5.10. The van der Waals surface area contributed by atoms with E-state index in [4.69, 9.17) is 9.15 Å². The lowest BCUT2D eigenvalue weighted by Crippen LogP contribution is -2.21. The van der Waals surface area contributed by atoms with Crippen molar-refractivity contribution in [2.45, 2.75) is 0 Å². The molecule has 0 bridgehead atoms. The van der Waals surface area contributed by atoms with Crippen LogP contribution >= 0.6 is 0 Å². The lowest BCUT2D eigenvalue weighted by Gasteiger charge is -2.12. The number of carbonyl (C=O) groups excluding carboxylic acids is 1. The average Bonchev–Trinajstić information content (AvgIpc) is 2.97. The number of fused-ring (bicyclic) bond motifs is 1. The Balaban J connectivity index is 2.08. The van der Waals surface area contributed by atoms with Crippen molar-refractivity contribution >= 4 is 17.0 Å². The Kier molecular flexibility index (Phi) is 3.55. The van der Waals surface area contributed by atoms with E-state index in [9.17, 15) is 4.79 Å². The van der Waals surface area contributed by atoms with E-state index in [0.29, 0.717) is 28.4 Å². The topological polar surface area (TPSA) is 55.6 Å². The first-order chi connectivity index (χ1) is 10.6. The van der Waals surface area contributed by atoms with E-state index >= 15 is 0 Å². The Morgan fingerprint density at radius 2 is 1.95 bits per heavy atom. The number of amides is 1. The molecule has 0 fully saturated rings. The van der Waals surface area contributed by atoms with Crippen LogP contribution in [-0.4, -0.2) is 37.0 Å². The largest absolute Gasteiger partial charge is 0.496 e. The van der Waals surface area contributed by atoms with E-state index in [-0.39, 0.29) is 5.91 Å². The van der Waals surface area contributed by atoms with Crippen LogP contribution in [0.25, 0.3) is 22.6 Å². The van der Waals surface area contributed by atoms with Gasteiger partial charge in [-0.05, 0) is 30.3 Å². The maximum Gasteiger partial charge on any atom is 0.253 e. The van der Waals surface area contributed by atoms with Gasteiger partial charge in [0.05, 0.1) is 12.7 Å². The van der Waals surface area contributed by atoms with E-state index in [1.807, 2.05) is 24.3 Å². The lowest BCUT2D eigenvalue weighted by atomic mass is 10.1. The molecule has 5 nitrogen and oxygen atoms in total. The molecule has 0 unspecified atom stereocenters. The molecule has 0 N–H and O–H groups in total. The number of methoxy groups -OCH3 is 1. The van der Waals surface area contributed by atoms with Gasteiger partial charge in [0.25, 0.3) is 5.91 Å². The van der Waals surface area contributed by atoms with Crippen LogP contribution < -0.4 is 4.74 Å². The third-order valence-electron chi connectivity index (χ3n) is 3.38. The van der Waals surface area contributed by atoms with Crippen molar-refractivity contribution in [1.82, 2.24) is 9.88 Å². The number of oxazole rings is 1. The molecule has 0 saturated heterocycles. The first-order valence-corrected chi connectivity index (χ1v) is 6.86. The van der Waals surface area contributed by atoms with Gasteiger partial charge in [0.15, 0.2) is 5.58 Å². The predicted molar refractivity (Wildman–Crippen MR) is 84.0 cm³/mol. The van der Waals surface area contributed by atoms with Crippen molar-refractivity contribution in [3.63, 3.8) is 0 Å². The fourth-order valence-corrected chi connectivity index (χ4v) is 2.25. The fourth-order valence-electron chi connectivity index (χ4n) is 2.25. The third-order valence-corrected chi connectivity index (χ3v) is 3.38. The first-order valence-electron chi connectivity index (χ1n) is 6.86. The van der Waals surface area contributed by atoms with Crippen LogP contribution in [0.15, 0.2) is 46.9 Å². The van der Waals surface area contributed by atoms with Crippen molar-refractivity contribution in [3.05, 3.63) is 48.0 Å². The second kappa shape index (κ2) is 5.52. The number of nitrogens with zero attached hydrogens (tertiary/aromatic N) is 2. The van der Waals surface area contributed by atoms with Crippen LogP contribution in [0.2, 0.25) is 0 Å². The van der Waals surface area contributed by atoms with Crippen molar-refractivity contribution in [2.24, 2.45) is 0 Å². The number of benzene rings is 2. The summed E-state index contributed by atoms with van der Waals surface area (Å²) in [5, 5.41) is 0. The number of hydrogen-bond acceptors (Lipinski definition) is 4. The molecule has 0 aliphatic rings. The van der Waals surface area contributed by atoms with Crippen molar-refractivity contribution in [2.75, 3.05) is 21.2 Å². The smallest absolute Gasteiger partial charge is 0.253 e. The Labute approximate surface area is 128 Å². The van der Waals surface area contributed by atoms with E-state index in [1.165, 1.54) is 4.90 Å². The highest BCUT2D eigenvalue weighted by molar-refractivity contribution is 5.95. The van der Waals surface area contributed by atoms with Gasteiger partial charge in [0.1, 0.15) is 11.3 Å². The van der Waals surface area contributed by atoms with Crippen LogP contribution in [0.5, 0.6) is 5.75 Å². The first kappa shape index (κ1) is 14.1. The zero-order chi connectivity index (χ0) is 15.7. The maximum atomic E-state index is 12.0. The zero-order valence-electron chi connectivity index (χ0n) is 12.7. The molecule has 0 aliphatic heterocycles. The van der Waals surface area contributed by atoms with Gasteiger partial charge in [-0.15, -0.1) is 0 Å². The number of hydrogen-bond donors (Lipinski definition) is 0. The molecule has 1 amide bonds. The Hall–Kier alpha value is -2.82. The molecule has 3 aromatic rings. The van der Waals surface area contributed by atoms with Crippen LogP contribution in [-0.2, 0) is 0 Å². The monoisotopic (exact) mass is 296 g/mol. The van der Waals surface area contributed by atoms with Gasteiger partial charge in [-0.2, -0.15) is 0 Å². The summed E-state index contributed by atoms with van der Waals surface area (Å²) in [6.07, 6.45) is 0. The summed E-state index contributed by atoms with van der Waals surface area (Å²) in [7, 11) is 4.98. The van der Waals surface area contributed by atoms with Gasteiger partial charge >= 0.3 is 0 Å². The van der Waals surface area contributed by atoms with Crippen LogP contribution in [0.1, 0.15) is 10.4 Å². The predicted octanol–water partition coefficient (Wildman–Crippen LogP) is 3.21. The normalized spacial score (nSPS) is 10.7. The molecule has 1 aromatic heterocycles. The fraction of sp³-hybridized carbons (Fsp3) is 0.176. The molecule has 2 aromatic carbocycles. The average molecular weight is 296 g/mol. The van der Waals surface area contributed by atoms with E-state index in [1.54, 1.807) is 39.4 Å². The molecular formula is C17H16N2O3. The molecule has 3 rings (SSSR count). The molecule has 0 spiro atoms. The van der Waals surface area contributed by atoms with Gasteiger partial charge in [0, 0.05) is 19.7 Å². The highest BCUT2D eigenvalue weighted by Gasteiger charge is 2.16. The molecular weight excluding hydrogens is 280 g/mol. The lowest BCUT2D eigenvalue weighted by molar-refractivity contribution is 0.0827. The molecule has 0 radical (unpaired) electrons. The molecule has 5 heteroatoms. The van der Waals surface area contributed by atoms with Crippen LogP contribution in [0.3, 0.4) is 0 Å². The summed E-state index contributed by atoms with van der Waals surface area (Å²) in [4.78, 5) is 18.0. The minimum absolute atomic E-state index is 0.0811. The summed E-state index contributed by atoms with van der Waals surface area (Å²) in [6, 6.07) is 12.8. The Morgan fingerprint density at radius 3 is 2.64 bits per heavy atom. The molecule has 0 atom stereocenters. The molecule has 0 aliphatic carbocycles. The van der Waals surface area contributed by atoms with Gasteiger partial charge in [-0.1, -0.05) is 12.1 Å². The highest BCUT2D eigenvalue weighted by atomic mass is 16.5. The van der Waals surface area contributed by atoms with E-state index in [0.717, 1.165) is 5.52 Å². The molecule has 22 heavy (non-hydrogen) atoms. The Morgan fingerprint density at radius 1 is 1.18 bits per heavy atom. The molecule has 1 heterocycles. The van der Waals surface area contributed by atoms with Gasteiger partial charge in [-0.3, -0.25) is 4.79 Å². The van der Waals surface area contributed by atoms with Crippen LogP contribution in [0, 0.1) is 0 Å². The molecule has 112 valence electrons. The minimum atomic E-state index is -0.0811.